The maximum atomic E-state index is 14.7. The van der Waals surface area contributed by atoms with Gasteiger partial charge in [-0.15, -0.1) is 0 Å². The summed E-state index contributed by atoms with van der Waals surface area (Å²) >= 11 is 0. The quantitative estimate of drug-likeness (QED) is 0.452. The highest BCUT2D eigenvalue weighted by molar-refractivity contribution is 6.04. The Labute approximate surface area is 185 Å². The van der Waals surface area contributed by atoms with Gasteiger partial charge in [-0.1, -0.05) is 0 Å². The fourth-order valence-corrected chi connectivity index (χ4v) is 3.17. The number of nitrogens with zero attached hydrogens (tertiary/aromatic N) is 1. The number of nitrogens with one attached hydrogen (secondary N) is 2. The summed E-state index contributed by atoms with van der Waals surface area (Å²) in [5.74, 6) is -2.65. The molecule has 0 aliphatic carbocycles. The zero-order valence-corrected chi connectivity index (χ0v) is 17.4. The minimum Gasteiger partial charge on any atom is -0.493 e. The molecule has 8 nitrogen and oxygen atoms in total. The van der Waals surface area contributed by atoms with Gasteiger partial charge in [0.05, 0.1) is 19.7 Å². The van der Waals surface area contributed by atoms with Crippen LogP contribution in [0.15, 0.2) is 59.8 Å². The van der Waals surface area contributed by atoms with E-state index < -0.39 is 28.7 Å². The molecule has 2 heterocycles. The molecule has 33 heavy (non-hydrogen) atoms. The van der Waals surface area contributed by atoms with Gasteiger partial charge in [-0.3, -0.25) is 14.6 Å². The predicted octanol–water partition coefficient (Wildman–Crippen LogP) is 4.26. The zero-order chi connectivity index (χ0) is 23.5. The fourth-order valence-electron chi connectivity index (χ4n) is 3.17. The molecule has 0 radical (unpaired) electrons. The number of amides is 1. The van der Waals surface area contributed by atoms with E-state index in [0.717, 1.165) is 18.2 Å². The molecule has 0 unspecified atom stereocenters. The van der Waals surface area contributed by atoms with Crippen LogP contribution in [0.2, 0.25) is 0 Å². The highest BCUT2D eigenvalue weighted by Gasteiger charge is 2.18. The molecule has 2 aromatic carbocycles. The largest absolute Gasteiger partial charge is 0.493 e. The molecule has 2 aromatic heterocycles. The molecular formula is C23H17F2N3O5. The van der Waals surface area contributed by atoms with Crippen LogP contribution in [0, 0.1) is 11.6 Å². The van der Waals surface area contributed by atoms with Crippen molar-refractivity contribution in [1.82, 2.24) is 9.97 Å². The molecule has 168 valence electrons. The summed E-state index contributed by atoms with van der Waals surface area (Å²) in [5, 5.41) is 2.73. The van der Waals surface area contributed by atoms with E-state index in [1.54, 1.807) is 12.1 Å². The van der Waals surface area contributed by atoms with Crippen LogP contribution in [-0.2, 0) is 0 Å². The highest BCUT2D eigenvalue weighted by atomic mass is 19.1. The van der Waals surface area contributed by atoms with Gasteiger partial charge in [0.2, 0.25) is 0 Å². The molecule has 4 rings (SSSR count). The molecule has 4 aromatic rings. The number of anilines is 1. The zero-order valence-electron chi connectivity index (χ0n) is 17.4. The third-order valence-electron chi connectivity index (χ3n) is 4.74. The van der Waals surface area contributed by atoms with Crippen molar-refractivity contribution >= 4 is 22.5 Å². The lowest BCUT2D eigenvalue weighted by Crippen LogP contribution is -2.21. The van der Waals surface area contributed by atoms with Crippen molar-refractivity contribution in [2.75, 3.05) is 19.5 Å². The van der Waals surface area contributed by atoms with Crippen LogP contribution in [-0.4, -0.2) is 30.1 Å². The van der Waals surface area contributed by atoms with Gasteiger partial charge in [0.1, 0.15) is 11.3 Å². The van der Waals surface area contributed by atoms with Crippen LogP contribution < -0.4 is 25.0 Å². The number of hydrogen-bond acceptors (Lipinski definition) is 6. The smallest absolute Gasteiger partial charge is 0.261 e. The van der Waals surface area contributed by atoms with Gasteiger partial charge in [-0.2, -0.15) is 0 Å². The Kier molecular flexibility index (Phi) is 5.90. The summed E-state index contributed by atoms with van der Waals surface area (Å²) in [7, 11) is 2.93. The Morgan fingerprint density at radius 2 is 1.70 bits per heavy atom. The Bertz CT molecular complexity index is 1400. The number of fused-ring (bicyclic) bond motifs is 1. The van der Waals surface area contributed by atoms with Crippen molar-refractivity contribution in [1.29, 1.82) is 0 Å². The third-order valence-corrected chi connectivity index (χ3v) is 4.74. The molecule has 0 bridgehead atoms. The fraction of sp³-hybridized carbons (Fsp3) is 0.0870. The predicted molar refractivity (Wildman–Crippen MR) is 116 cm³/mol. The second-order valence-corrected chi connectivity index (χ2v) is 6.78. The minimum absolute atomic E-state index is 0.131. The van der Waals surface area contributed by atoms with Gasteiger partial charge in [-0.25, -0.2) is 8.78 Å². The topological polar surface area (TPSA) is 103 Å². The van der Waals surface area contributed by atoms with E-state index in [4.69, 9.17) is 14.2 Å². The number of hydrogen-bond donors (Lipinski definition) is 2. The number of benzene rings is 2. The van der Waals surface area contributed by atoms with Crippen LogP contribution in [0.1, 0.15) is 10.4 Å². The van der Waals surface area contributed by atoms with E-state index in [9.17, 15) is 18.4 Å². The van der Waals surface area contributed by atoms with E-state index in [1.807, 2.05) is 0 Å². The second-order valence-electron chi connectivity index (χ2n) is 6.78. The lowest BCUT2D eigenvalue weighted by molar-refractivity contribution is 0.102. The van der Waals surface area contributed by atoms with Gasteiger partial charge in [-0.05, 0) is 12.1 Å². The van der Waals surface area contributed by atoms with Gasteiger partial charge in [0.25, 0.3) is 5.91 Å². The van der Waals surface area contributed by atoms with Crippen LogP contribution in [0.3, 0.4) is 0 Å². The van der Waals surface area contributed by atoms with Crippen molar-refractivity contribution < 1.29 is 27.8 Å². The standard InChI is InChI=1S/C23H17F2N3O5/c1-31-20-9-13-17(10-21(20)32-2)27-6-4-19(13)33-22-15(24)7-12(8-16(22)25)28-23(30)14-11-26-5-3-18(14)29/h3-11H,1-2H3,(H,26,29)(H,28,30). The minimum atomic E-state index is -1.06. The molecule has 0 saturated carbocycles. The molecule has 0 spiro atoms. The first kappa shape index (κ1) is 21.8. The summed E-state index contributed by atoms with van der Waals surface area (Å²) in [6.07, 6.45) is 3.98. The number of rotatable bonds is 6. The summed E-state index contributed by atoms with van der Waals surface area (Å²) in [6, 6.07) is 7.58. The van der Waals surface area contributed by atoms with Crippen molar-refractivity contribution in [3.05, 3.63) is 82.4 Å². The maximum Gasteiger partial charge on any atom is 0.261 e. The summed E-state index contributed by atoms with van der Waals surface area (Å²) < 4.78 is 45.5. The van der Waals surface area contributed by atoms with Crippen LogP contribution >= 0.6 is 0 Å². The first-order chi connectivity index (χ1) is 15.9. The number of pyridine rings is 2. The molecule has 1 amide bonds. The van der Waals surface area contributed by atoms with Gasteiger partial charge >= 0.3 is 0 Å². The molecule has 0 saturated heterocycles. The number of halogens is 2. The Morgan fingerprint density at radius 3 is 2.36 bits per heavy atom. The number of aromatic nitrogens is 2. The van der Waals surface area contributed by atoms with Crippen LogP contribution in [0.4, 0.5) is 14.5 Å². The number of ether oxygens (including phenoxy) is 3. The Balaban J connectivity index is 1.66. The van der Waals surface area contributed by atoms with Crippen molar-refractivity contribution in [2.24, 2.45) is 0 Å². The van der Waals surface area contributed by atoms with Crippen LogP contribution in [0.25, 0.3) is 10.9 Å². The maximum absolute atomic E-state index is 14.7. The lowest BCUT2D eigenvalue weighted by Gasteiger charge is -2.14. The SMILES string of the molecule is COc1cc2nccc(Oc3c(F)cc(NC(=O)c4c[nH]ccc4=O)cc3F)c2cc1OC. The molecule has 0 fully saturated rings. The van der Waals surface area contributed by atoms with Gasteiger partial charge < -0.3 is 24.5 Å². The Hall–Kier alpha value is -4.47. The average molecular weight is 453 g/mol. The number of carbonyl (C=O) groups excluding carboxylic acids is 1. The number of H-pyrrole nitrogens is 1. The molecule has 0 aliphatic rings. The third kappa shape index (κ3) is 4.31. The van der Waals surface area contributed by atoms with Crippen molar-refractivity contribution in [3.63, 3.8) is 0 Å². The first-order valence-electron chi connectivity index (χ1n) is 9.57. The monoisotopic (exact) mass is 453 g/mol. The second kappa shape index (κ2) is 8.95. The normalized spacial score (nSPS) is 10.7. The van der Waals surface area contributed by atoms with Crippen LogP contribution in [0.5, 0.6) is 23.0 Å². The van der Waals surface area contributed by atoms with Gasteiger partial charge in [0.15, 0.2) is 34.3 Å². The van der Waals surface area contributed by atoms with Crippen molar-refractivity contribution in [2.45, 2.75) is 0 Å². The van der Waals surface area contributed by atoms with E-state index in [2.05, 4.69) is 15.3 Å². The first-order valence-corrected chi connectivity index (χ1v) is 9.57. The number of aromatic amines is 1. The van der Waals surface area contributed by atoms with E-state index in [1.165, 1.54) is 38.9 Å². The van der Waals surface area contributed by atoms with E-state index >= 15 is 0 Å². The Morgan fingerprint density at radius 1 is 1.00 bits per heavy atom. The number of methoxy groups -OCH3 is 2. The lowest BCUT2D eigenvalue weighted by atomic mass is 10.1. The van der Waals surface area contributed by atoms with Gasteiger partial charge in [0, 0.05) is 53.9 Å². The number of carbonyl (C=O) groups is 1. The summed E-state index contributed by atoms with van der Waals surface area (Å²) in [6.45, 7) is 0. The summed E-state index contributed by atoms with van der Waals surface area (Å²) in [4.78, 5) is 30.8. The van der Waals surface area contributed by atoms with E-state index in [-0.39, 0.29) is 17.0 Å². The molecule has 0 atom stereocenters. The molecule has 2 N–H and O–H groups in total. The molecule has 10 heteroatoms. The summed E-state index contributed by atoms with van der Waals surface area (Å²) in [5.41, 5.74) is -0.463. The van der Waals surface area contributed by atoms with E-state index in [0.29, 0.717) is 22.4 Å². The van der Waals surface area contributed by atoms with Crippen molar-refractivity contribution in [3.8, 4) is 23.0 Å². The molecule has 0 aliphatic heterocycles. The highest BCUT2D eigenvalue weighted by Crippen LogP contribution is 2.38. The average Bonchev–Trinajstić information content (AvgIpc) is 2.80. The molecular weight excluding hydrogens is 436 g/mol.